The summed E-state index contributed by atoms with van der Waals surface area (Å²) in [5, 5.41) is 3.90. The lowest BCUT2D eigenvalue weighted by Crippen LogP contribution is -2.27. The fraction of sp³-hybridized carbons (Fsp3) is 0.333. The third-order valence-corrected chi connectivity index (χ3v) is 4.54. The summed E-state index contributed by atoms with van der Waals surface area (Å²) in [4.78, 5) is 0. The number of halogens is 2. The average molecular weight is 304 g/mol. The van der Waals surface area contributed by atoms with Crippen molar-refractivity contribution >= 4 is 11.6 Å². The maximum Gasteiger partial charge on any atom is 0.129 e. The molecule has 3 heteroatoms. The first-order valence-electron chi connectivity index (χ1n) is 7.47. The number of hydrogen-bond acceptors (Lipinski definition) is 1. The van der Waals surface area contributed by atoms with Crippen LogP contribution in [0.15, 0.2) is 42.5 Å². The molecule has 1 aliphatic rings. The van der Waals surface area contributed by atoms with Crippen molar-refractivity contribution in [2.45, 2.75) is 31.7 Å². The van der Waals surface area contributed by atoms with Crippen LogP contribution in [0.1, 0.15) is 42.0 Å². The van der Waals surface area contributed by atoms with Gasteiger partial charge in [-0.3, -0.25) is 0 Å². The van der Waals surface area contributed by atoms with E-state index in [9.17, 15) is 4.39 Å². The van der Waals surface area contributed by atoms with Crippen molar-refractivity contribution in [3.63, 3.8) is 0 Å². The van der Waals surface area contributed by atoms with Crippen molar-refractivity contribution in [1.29, 1.82) is 0 Å². The lowest BCUT2D eigenvalue weighted by Gasteiger charge is -2.26. The molecule has 3 rings (SSSR count). The van der Waals surface area contributed by atoms with Crippen LogP contribution in [0.3, 0.4) is 0 Å². The Morgan fingerprint density at radius 1 is 1.29 bits per heavy atom. The molecule has 0 heterocycles. The third-order valence-electron chi connectivity index (χ3n) is 4.30. The van der Waals surface area contributed by atoms with Crippen LogP contribution in [0, 0.1) is 5.82 Å². The Labute approximate surface area is 130 Å². The largest absolute Gasteiger partial charge is 0.310 e. The average Bonchev–Trinajstić information content (AvgIpc) is 2.89. The first kappa shape index (κ1) is 14.6. The van der Waals surface area contributed by atoms with E-state index < -0.39 is 0 Å². The van der Waals surface area contributed by atoms with Gasteiger partial charge in [0.15, 0.2) is 0 Å². The number of hydrogen-bond donors (Lipinski definition) is 1. The van der Waals surface area contributed by atoms with Gasteiger partial charge in [-0.15, -0.1) is 0 Å². The number of likely N-dealkylation sites (N-methyl/N-ethyl adjacent to an activating group) is 1. The van der Waals surface area contributed by atoms with Gasteiger partial charge in [0.2, 0.25) is 0 Å². The second kappa shape index (κ2) is 6.17. The zero-order valence-corrected chi connectivity index (χ0v) is 12.8. The highest BCUT2D eigenvalue weighted by Crippen LogP contribution is 2.42. The Morgan fingerprint density at radius 2 is 2.10 bits per heavy atom. The van der Waals surface area contributed by atoms with Crippen molar-refractivity contribution in [3.05, 3.63) is 70.0 Å². The first-order chi connectivity index (χ1) is 10.2. The Hall–Kier alpha value is -1.38. The first-order valence-corrected chi connectivity index (χ1v) is 7.84. The maximum absolute atomic E-state index is 14.3. The molecule has 0 aliphatic heterocycles. The molecule has 21 heavy (non-hydrogen) atoms. The highest BCUT2D eigenvalue weighted by atomic mass is 35.5. The van der Waals surface area contributed by atoms with Gasteiger partial charge in [0.25, 0.3) is 0 Å². The number of nitrogens with one attached hydrogen (secondary N) is 1. The second-order valence-corrected chi connectivity index (χ2v) is 5.98. The van der Waals surface area contributed by atoms with Crippen molar-refractivity contribution in [2.75, 3.05) is 6.54 Å². The van der Waals surface area contributed by atoms with Crippen molar-refractivity contribution < 1.29 is 4.39 Å². The van der Waals surface area contributed by atoms with Crippen LogP contribution in [-0.2, 0) is 6.42 Å². The SMILES string of the molecule is CCNC(c1ccc(Cl)cc1F)C1CCc2ccccc21. The Morgan fingerprint density at radius 3 is 2.86 bits per heavy atom. The van der Waals surface area contributed by atoms with Gasteiger partial charge in [-0.25, -0.2) is 4.39 Å². The van der Waals surface area contributed by atoms with E-state index in [1.54, 1.807) is 6.07 Å². The van der Waals surface area contributed by atoms with Gasteiger partial charge in [-0.2, -0.15) is 0 Å². The van der Waals surface area contributed by atoms with Gasteiger partial charge >= 0.3 is 0 Å². The minimum Gasteiger partial charge on any atom is -0.310 e. The normalized spacial score (nSPS) is 18.5. The quantitative estimate of drug-likeness (QED) is 0.850. The smallest absolute Gasteiger partial charge is 0.129 e. The predicted octanol–water partition coefficient (Wildman–Crippen LogP) is 4.86. The topological polar surface area (TPSA) is 12.0 Å². The minimum absolute atomic E-state index is 0.00378. The molecule has 2 aromatic carbocycles. The second-order valence-electron chi connectivity index (χ2n) is 5.55. The molecule has 110 valence electrons. The van der Waals surface area contributed by atoms with Crippen LogP contribution >= 0.6 is 11.6 Å². The molecule has 2 unspecified atom stereocenters. The minimum atomic E-state index is -0.224. The fourth-order valence-corrected chi connectivity index (χ4v) is 3.54. The highest BCUT2D eigenvalue weighted by Gasteiger charge is 2.31. The third kappa shape index (κ3) is 2.83. The molecule has 1 nitrogen and oxygen atoms in total. The van der Waals surface area contributed by atoms with Crippen LogP contribution in [0.4, 0.5) is 4.39 Å². The molecule has 1 aliphatic carbocycles. The van der Waals surface area contributed by atoms with Gasteiger partial charge in [0.1, 0.15) is 5.82 Å². The summed E-state index contributed by atoms with van der Waals surface area (Å²) in [6.45, 7) is 2.87. The standard InChI is InChI=1S/C18H19ClFN/c1-2-21-18(16-10-8-13(19)11-17(16)20)15-9-7-12-5-3-4-6-14(12)15/h3-6,8,10-11,15,18,21H,2,7,9H2,1H3. The molecule has 0 aromatic heterocycles. The molecule has 1 N–H and O–H groups in total. The lowest BCUT2D eigenvalue weighted by atomic mass is 9.88. The van der Waals surface area contributed by atoms with Gasteiger partial charge < -0.3 is 5.32 Å². The van der Waals surface area contributed by atoms with E-state index in [2.05, 4.69) is 36.5 Å². The molecule has 0 amide bonds. The number of aryl methyl sites for hydroxylation is 1. The highest BCUT2D eigenvalue weighted by molar-refractivity contribution is 6.30. The molecule has 0 saturated carbocycles. The molecule has 0 saturated heterocycles. The molecule has 0 radical (unpaired) electrons. The maximum atomic E-state index is 14.3. The van der Waals surface area contributed by atoms with E-state index in [0.717, 1.165) is 19.4 Å². The molecule has 2 aromatic rings. The van der Waals surface area contributed by atoms with E-state index in [0.29, 0.717) is 16.5 Å². The summed E-state index contributed by atoms with van der Waals surface area (Å²) < 4.78 is 14.3. The van der Waals surface area contributed by atoms with Gasteiger partial charge in [0, 0.05) is 22.5 Å². The molecule has 0 spiro atoms. The molecule has 2 atom stereocenters. The number of benzene rings is 2. The zero-order chi connectivity index (χ0) is 14.8. The van der Waals surface area contributed by atoms with Gasteiger partial charge in [-0.05, 0) is 42.6 Å². The summed E-state index contributed by atoms with van der Waals surface area (Å²) in [5.74, 6) is 0.0923. The predicted molar refractivity (Wildman–Crippen MR) is 85.3 cm³/mol. The Kier molecular flexibility index (Phi) is 4.27. The summed E-state index contributed by atoms with van der Waals surface area (Å²) >= 11 is 5.88. The number of rotatable bonds is 4. The molecular formula is C18H19ClFN. The Balaban J connectivity index is 1.99. The summed E-state index contributed by atoms with van der Waals surface area (Å²) in [6.07, 6.45) is 2.12. The van der Waals surface area contributed by atoms with Gasteiger partial charge in [0.05, 0.1) is 0 Å². The van der Waals surface area contributed by atoms with Crippen LogP contribution < -0.4 is 5.32 Å². The Bertz CT molecular complexity index is 641. The molecule has 0 bridgehead atoms. The summed E-state index contributed by atoms with van der Waals surface area (Å²) in [7, 11) is 0. The van der Waals surface area contributed by atoms with E-state index in [1.807, 2.05) is 6.07 Å². The van der Waals surface area contributed by atoms with E-state index in [4.69, 9.17) is 11.6 Å². The van der Waals surface area contributed by atoms with E-state index in [1.165, 1.54) is 17.2 Å². The summed E-state index contributed by atoms with van der Waals surface area (Å²) in [6, 6.07) is 13.5. The number of fused-ring (bicyclic) bond motifs is 1. The zero-order valence-electron chi connectivity index (χ0n) is 12.1. The van der Waals surface area contributed by atoms with E-state index >= 15 is 0 Å². The lowest BCUT2D eigenvalue weighted by molar-refractivity contribution is 0.434. The monoisotopic (exact) mass is 303 g/mol. The van der Waals surface area contributed by atoms with E-state index in [-0.39, 0.29) is 11.9 Å². The van der Waals surface area contributed by atoms with Crippen LogP contribution in [0.25, 0.3) is 0 Å². The van der Waals surface area contributed by atoms with Crippen LogP contribution in [-0.4, -0.2) is 6.54 Å². The van der Waals surface area contributed by atoms with Crippen molar-refractivity contribution in [3.8, 4) is 0 Å². The van der Waals surface area contributed by atoms with Crippen molar-refractivity contribution in [2.24, 2.45) is 0 Å². The van der Waals surface area contributed by atoms with Gasteiger partial charge in [-0.1, -0.05) is 48.9 Å². The molecule has 0 fully saturated rings. The van der Waals surface area contributed by atoms with Crippen molar-refractivity contribution in [1.82, 2.24) is 5.32 Å². The van der Waals surface area contributed by atoms with Crippen LogP contribution in [0.5, 0.6) is 0 Å². The fourth-order valence-electron chi connectivity index (χ4n) is 3.38. The van der Waals surface area contributed by atoms with Crippen LogP contribution in [0.2, 0.25) is 5.02 Å². The summed E-state index contributed by atoms with van der Waals surface area (Å²) in [5.41, 5.74) is 3.44. The molecular weight excluding hydrogens is 285 g/mol.